The molecule has 0 aliphatic heterocycles. The van der Waals surface area contributed by atoms with Gasteiger partial charge in [0.15, 0.2) is 11.6 Å². The molecule has 10 heteroatoms. The molecule has 1 heterocycles. The first-order valence-electron chi connectivity index (χ1n) is 9.64. The van der Waals surface area contributed by atoms with Gasteiger partial charge in [0.2, 0.25) is 15.9 Å². The van der Waals surface area contributed by atoms with Crippen LogP contribution in [-0.2, 0) is 21.2 Å². The maximum Gasteiger partial charge on any atom is 0.245 e. The van der Waals surface area contributed by atoms with Gasteiger partial charge in [-0.05, 0) is 53.6 Å². The Bertz CT molecular complexity index is 1220. The molecule has 3 aromatic rings. The van der Waals surface area contributed by atoms with Gasteiger partial charge < -0.3 is 4.74 Å². The molecular weight excluding hydrogens is 455 g/mol. The minimum atomic E-state index is -3.82. The molecule has 0 spiro atoms. The van der Waals surface area contributed by atoms with Crippen LogP contribution in [0, 0.1) is 5.82 Å². The summed E-state index contributed by atoms with van der Waals surface area (Å²) in [5.41, 5.74) is 2.99. The molecule has 0 fully saturated rings. The first kappa shape index (κ1) is 23.9. The van der Waals surface area contributed by atoms with Crippen molar-refractivity contribution in [3.63, 3.8) is 0 Å². The van der Waals surface area contributed by atoms with Gasteiger partial charge in [-0.3, -0.25) is 10.0 Å². The zero-order chi connectivity index (χ0) is 23.5. The van der Waals surface area contributed by atoms with Crippen LogP contribution in [0.5, 0.6) is 5.75 Å². The number of sulfonamides is 1. The Morgan fingerprint density at radius 3 is 2.41 bits per heavy atom. The number of hydrogen-bond donors (Lipinski definition) is 2. The van der Waals surface area contributed by atoms with E-state index >= 15 is 0 Å². The number of nitrogens with two attached hydrogens (primary N) is 1. The molecule has 1 amide bonds. The van der Waals surface area contributed by atoms with Crippen LogP contribution < -0.4 is 9.88 Å². The normalized spacial score (nSPS) is 11.4. The second-order valence-electron chi connectivity index (χ2n) is 7.14. The van der Waals surface area contributed by atoms with Gasteiger partial charge in [-0.25, -0.2) is 23.0 Å². The molecule has 0 aliphatic carbocycles. The average Bonchev–Trinajstić information content (AvgIpc) is 3.16. The Kier molecular flexibility index (Phi) is 7.29. The number of hydroxylamine groups is 2. The highest BCUT2D eigenvalue weighted by Gasteiger charge is 2.18. The number of thiophene rings is 1. The highest BCUT2D eigenvalue weighted by atomic mass is 32.2. The smallest absolute Gasteiger partial charge is 0.245 e. The first-order valence-corrected chi connectivity index (χ1v) is 12.1. The van der Waals surface area contributed by atoms with Crippen molar-refractivity contribution in [2.75, 3.05) is 14.2 Å². The number of nitrogens with zero attached hydrogens (tertiary/aromatic N) is 1. The Hall–Kier alpha value is -2.79. The molecule has 2 aromatic carbocycles. The molecule has 1 aromatic heterocycles. The molecule has 3 N–H and O–H groups in total. The predicted octanol–water partition coefficient (Wildman–Crippen LogP) is 4.05. The Morgan fingerprint density at radius 2 is 1.84 bits per heavy atom. The lowest BCUT2D eigenvalue weighted by Crippen LogP contribution is -2.22. The van der Waals surface area contributed by atoms with E-state index in [2.05, 4.69) is 0 Å². The van der Waals surface area contributed by atoms with E-state index in [9.17, 15) is 22.8 Å². The van der Waals surface area contributed by atoms with Crippen LogP contribution in [-0.4, -0.2) is 38.8 Å². The zero-order valence-corrected chi connectivity index (χ0v) is 19.2. The highest BCUT2D eigenvalue weighted by molar-refractivity contribution is 7.89. The molecule has 0 aliphatic rings. The molecule has 170 valence electrons. The van der Waals surface area contributed by atoms with E-state index in [1.807, 2.05) is 5.38 Å². The van der Waals surface area contributed by atoms with E-state index in [-0.39, 0.29) is 17.1 Å². The molecule has 32 heavy (non-hydrogen) atoms. The van der Waals surface area contributed by atoms with Crippen molar-refractivity contribution in [1.29, 1.82) is 0 Å². The van der Waals surface area contributed by atoms with Gasteiger partial charge in [0.25, 0.3) is 0 Å². The lowest BCUT2D eigenvalue weighted by atomic mass is 9.95. The number of carbonyl (C=O) groups excluding carboxylic acids is 1. The number of hydrogen-bond acceptors (Lipinski definition) is 6. The fraction of sp³-hybridized carbons (Fsp3) is 0.227. The van der Waals surface area contributed by atoms with Gasteiger partial charge in [0.1, 0.15) is 0 Å². The summed E-state index contributed by atoms with van der Waals surface area (Å²) in [6.45, 7) is 0. The van der Waals surface area contributed by atoms with Crippen LogP contribution in [0.3, 0.4) is 0 Å². The number of ether oxygens (including phenoxy) is 1. The van der Waals surface area contributed by atoms with E-state index in [0.717, 1.165) is 21.6 Å². The Morgan fingerprint density at radius 1 is 1.19 bits per heavy atom. The van der Waals surface area contributed by atoms with Crippen molar-refractivity contribution in [3.8, 4) is 28.0 Å². The Balaban J connectivity index is 2.03. The summed E-state index contributed by atoms with van der Waals surface area (Å²) in [4.78, 5) is 12.6. The van der Waals surface area contributed by atoms with Crippen molar-refractivity contribution in [3.05, 3.63) is 58.5 Å². The molecule has 0 bridgehead atoms. The third-order valence-corrected chi connectivity index (χ3v) is 6.93. The van der Waals surface area contributed by atoms with E-state index < -0.39 is 21.7 Å². The summed E-state index contributed by atoms with van der Waals surface area (Å²) < 4.78 is 42.6. The van der Waals surface area contributed by atoms with Crippen LogP contribution in [0.25, 0.3) is 22.3 Å². The quantitative estimate of drug-likeness (QED) is 0.375. The number of primary sulfonamides is 1. The molecule has 0 saturated heterocycles. The number of benzene rings is 2. The van der Waals surface area contributed by atoms with E-state index in [4.69, 9.17) is 9.88 Å². The SMILES string of the molecule is COc1ccc(-c2c(-c3ccc(S(N)(=O)=O)cc3)csc2CCCC(=O)N(C)O)cc1F. The highest BCUT2D eigenvalue weighted by Crippen LogP contribution is 2.41. The number of carbonyl (C=O) groups is 1. The van der Waals surface area contributed by atoms with Gasteiger partial charge >= 0.3 is 0 Å². The van der Waals surface area contributed by atoms with E-state index in [0.29, 0.717) is 23.5 Å². The number of aryl methyl sites for hydroxylation is 1. The van der Waals surface area contributed by atoms with Crippen molar-refractivity contribution in [1.82, 2.24) is 5.06 Å². The minimum absolute atomic E-state index is 0.000352. The van der Waals surface area contributed by atoms with Gasteiger partial charge in [-0.1, -0.05) is 18.2 Å². The summed E-state index contributed by atoms with van der Waals surface area (Å²) >= 11 is 1.47. The molecule has 0 atom stereocenters. The van der Waals surface area contributed by atoms with Crippen molar-refractivity contribution >= 4 is 27.3 Å². The zero-order valence-electron chi connectivity index (χ0n) is 17.5. The van der Waals surface area contributed by atoms with Crippen molar-refractivity contribution in [2.45, 2.75) is 24.2 Å². The van der Waals surface area contributed by atoms with E-state index in [1.54, 1.807) is 24.3 Å². The third-order valence-electron chi connectivity index (χ3n) is 4.96. The second-order valence-corrected chi connectivity index (χ2v) is 9.66. The summed E-state index contributed by atoms with van der Waals surface area (Å²) in [5.74, 6) is -0.770. The lowest BCUT2D eigenvalue weighted by molar-refractivity contribution is -0.159. The maximum atomic E-state index is 14.5. The van der Waals surface area contributed by atoms with Crippen LogP contribution >= 0.6 is 11.3 Å². The number of methoxy groups -OCH3 is 1. The number of rotatable bonds is 8. The summed E-state index contributed by atoms with van der Waals surface area (Å²) in [6, 6.07) is 10.8. The van der Waals surface area contributed by atoms with Gasteiger partial charge in [-0.15, -0.1) is 11.3 Å². The fourth-order valence-electron chi connectivity index (χ4n) is 3.32. The second kappa shape index (κ2) is 9.78. The van der Waals surface area contributed by atoms with Gasteiger partial charge in [0, 0.05) is 29.5 Å². The maximum absolute atomic E-state index is 14.5. The lowest BCUT2D eigenvalue weighted by Gasteiger charge is -2.11. The monoisotopic (exact) mass is 478 g/mol. The molecule has 0 saturated carbocycles. The van der Waals surface area contributed by atoms with Crippen LogP contribution in [0.4, 0.5) is 4.39 Å². The van der Waals surface area contributed by atoms with Crippen LogP contribution in [0.15, 0.2) is 52.7 Å². The standard InChI is InChI=1S/C22H23FN2O5S2/c1-25(27)21(26)5-3-4-20-22(15-8-11-19(30-2)18(23)12-15)17(13-31-20)14-6-9-16(10-7-14)32(24,28)29/h6-13,27H,3-5H2,1-2H3,(H2,24,28,29). The summed E-state index contributed by atoms with van der Waals surface area (Å²) in [7, 11) is -1.15. The molecular formula is C22H23FN2O5S2. The third kappa shape index (κ3) is 5.33. The largest absolute Gasteiger partial charge is 0.494 e. The van der Waals surface area contributed by atoms with Gasteiger partial charge in [0.05, 0.1) is 12.0 Å². The number of halogens is 1. The Labute approximate surface area is 189 Å². The summed E-state index contributed by atoms with van der Waals surface area (Å²) in [5, 5.41) is 16.9. The predicted molar refractivity (Wildman–Crippen MR) is 121 cm³/mol. The molecule has 0 radical (unpaired) electrons. The number of amides is 1. The van der Waals surface area contributed by atoms with Crippen LogP contribution in [0.2, 0.25) is 0 Å². The van der Waals surface area contributed by atoms with Crippen molar-refractivity contribution < 1.29 is 27.5 Å². The van der Waals surface area contributed by atoms with E-state index in [1.165, 1.54) is 43.7 Å². The topological polar surface area (TPSA) is 110 Å². The molecule has 3 rings (SSSR count). The summed E-state index contributed by atoms with van der Waals surface area (Å²) in [6.07, 6.45) is 1.21. The minimum Gasteiger partial charge on any atom is -0.494 e. The van der Waals surface area contributed by atoms with Crippen molar-refractivity contribution in [2.24, 2.45) is 5.14 Å². The fourth-order valence-corrected chi connectivity index (χ4v) is 4.96. The molecule has 7 nitrogen and oxygen atoms in total. The van der Waals surface area contributed by atoms with Crippen LogP contribution in [0.1, 0.15) is 17.7 Å². The average molecular weight is 479 g/mol. The first-order chi connectivity index (χ1) is 15.1. The van der Waals surface area contributed by atoms with Gasteiger partial charge in [-0.2, -0.15) is 0 Å². The molecule has 0 unspecified atom stereocenters.